The van der Waals surface area contributed by atoms with Gasteiger partial charge in [-0.1, -0.05) is 35.9 Å². The number of carbonyl (C=O) groups is 1. The summed E-state index contributed by atoms with van der Waals surface area (Å²) < 4.78 is 19.4. The number of benzene rings is 2. The van der Waals surface area contributed by atoms with Crippen LogP contribution in [-0.2, 0) is 4.79 Å². The number of ether oxygens (including phenoxy) is 1. The first-order chi connectivity index (χ1) is 13.0. The van der Waals surface area contributed by atoms with Gasteiger partial charge in [-0.3, -0.25) is 9.69 Å². The molecule has 2 aromatic rings. The molecule has 0 aromatic heterocycles. The van der Waals surface area contributed by atoms with Gasteiger partial charge in [0, 0.05) is 12.6 Å². The van der Waals surface area contributed by atoms with Crippen molar-refractivity contribution in [1.82, 2.24) is 10.2 Å². The molecule has 1 N–H and O–H groups in total. The number of carbonyl (C=O) groups excluding carboxylic acids is 1. The highest BCUT2D eigenvalue weighted by Crippen LogP contribution is 2.36. The fourth-order valence-electron chi connectivity index (χ4n) is 3.62. The number of hydrogen-bond acceptors (Lipinski definition) is 3. The van der Waals surface area contributed by atoms with Crippen LogP contribution in [0.4, 0.5) is 4.39 Å². The number of amides is 1. The summed E-state index contributed by atoms with van der Waals surface area (Å²) in [7, 11) is 2.01. The molecular formula is C21H24ClFN2O2. The highest BCUT2D eigenvalue weighted by Gasteiger charge is 2.33. The molecule has 0 bridgehead atoms. The molecule has 0 unspecified atom stereocenters. The first-order valence-electron chi connectivity index (χ1n) is 9.06. The average molecular weight is 391 g/mol. The number of para-hydroxylation sites is 1. The van der Waals surface area contributed by atoms with E-state index in [-0.39, 0.29) is 29.5 Å². The van der Waals surface area contributed by atoms with Crippen molar-refractivity contribution in [3.8, 4) is 5.75 Å². The summed E-state index contributed by atoms with van der Waals surface area (Å²) in [4.78, 5) is 14.4. The molecule has 144 valence electrons. The molecule has 0 radical (unpaired) electrons. The van der Waals surface area contributed by atoms with Gasteiger partial charge in [0.15, 0.2) is 6.61 Å². The second-order valence-electron chi connectivity index (χ2n) is 7.01. The molecule has 4 nitrogen and oxygen atoms in total. The Labute approximate surface area is 164 Å². The summed E-state index contributed by atoms with van der Waals surface area (Å²) in [5.74, 6) is 0.346. The van der Waals surface area contributed by atoms with Crippen LogP contribution in [0.2, 0.25) is 5.02 Å². The Bertz CT molecular complexity index is 815. The Morgan fingerprint density at radius 3 is 2.85 bits per heavy atom. The van der Waals surface area contributed by atoms with Gasteiger partial charge in [0.05, 0.1) is 5.02 Å². The third kappa shape index (κ3) is 4.79. The van der Waals surface area contributed by atoms with Gasteiger partial charge in [-0.15, -0.1) is 0 Å². The Morgan fingerprint density at radius 2 is 2.11 bits per heavy atom. The molecule has 0 saturated carbocycles. The Balaban J connectivity index is 1.56. The Morgan fingerprint density at radius 1 is 1.33 bits per heavy atom. The zero-order valence-electron chi connectivity index (χ0n) is 15.5. The van der Waals surface area contributed by atoms with Crippen molar-refractivity contribution in [3.05, 3.63) is 64.4 Å². The van der Waals surface area contributed by atoms with Crippen LogP contribution in [0.25, 0.3) is 0 Å². The summed E-state index contributed by atoms with van der Waals surface area (Å²) in [6.45, 7) is 3.34. The van der Waals surface area contributed by atoms with Gasteiger partial charge in [-0.25, -0.2) is 4.39 Å². The summed E-state index contributed by atoms with van der Waals surface area (Å²) in [5, 5.41) is 3.07. The van der Waals surface area contributed by atoms with Crippen LogP contribution >= 0.6 is 11.6 Å². The smallest absolute Gasteiger partial charge is 0.257 e. The van der Waals surface area contributed by atoms with E-state index in [1.807, 2.05) is 44.3 Å². The van der Waals surface area contributed by atoms with Gasteiger partial charge in [-0.2, -0.15) is 0 Å². The standard InChI is InChI=1S/C21H24ClFN2O2/c1-14-5-3-4-6-19(14)27-13-20(26)24-12-16-9-10-25(2)21(16)15-7-8-17(22)18(23)11-15/h3-8,11,16,21H,9-10,12-13H2,1-2H3,(H,24,26)/t16-,21+/m1/s1. The molecule has 1 heterocycles. The lowest BCUT2D eigenvalue weighted by Gasteiger charge is -2.26. The highest BCUT2D eigenvalue weighted by molar-refractivity contribution is 6.30. The van der Waals surface area contributed by atoms with E-state index in [9.17, 15) is 9.18 Å². The second-order valence-corrected chi connectivity index (χ2v) is 7.41. The van der Waals surface area contributed by atoms with E-state index in [4.69, 9.17) is 16.3 Å². The first-order valence-corrected chi connectivity index (χ1v) is 9.44. The minimum atomic E-state index is -0.413. The maximum absolute atomic E-state index is 13.9. The largest absolute Gasteiger partial charge is 0.484 e. The van der Waals surface area contributed by atoms with Gasteiger partial charge in [0.2, 0.25) is 0 Å². The predicted octanol–water partition coefficient (Wildman–Crippen LogP) is 3.98. The summed E-state index contributed by atoms with van der Waals surface area (Å²) in [6, 6.07) is 12.6. The van der Waals surface area contributed by atoms with Crippen molar-refractivity contribution < 1.29 is 13.9 Å². The number of nitrogens with one attached hydrogen (secondary N) is 1. The van der Waals surface area contributed by atoms with Crippen LogP contribution in [0.15, 0.2) is 42.5 Å². The van der Waals surface area contributed by atoms with Crippen molar-refractivity contribution in [2.75, 3.05) is 26.7 Å². The molecule has 3 rings (SSSR count). The molecule has 6 heteroatoms. The molecule has 27 heavy (non-hydrogen) atoms. The Kier molecular flexibility index (Phi) is 6.34. The molecule has 1 aliphatic rings. The van der Waals surface area contributed by atoms with E-state index in [0.29, 0.717) is 12.3 Å². The van der Waals surface area contributed by atoms with Crippen molar-refractivity contribution in [2.45, 2.75) is 19.4 Å². The number of likely N-dealkylation sites (tertiary alicyclic amines) is 1. The fraction of sp³-hybridized carbons (Fsp3) is 0.381. The molecule has 0 aliphatic carbocycles. The highest BCUT2D eigenvalue weighted by atomic mass is 35.5. The lowest BCUT2D eigenvalue weighted by molar-refractivity contribution is -0.123. The van der Waals surface area contributed by atoms with Crippen LogP contribution in [0.5, 0.6) is 5.75 Å². The topological polar surface area (TPSA) is 41.6 Å². The molecule has 1 amide bonds. The molecule has 1 fully saturated rings. The third-order valence-corrected chi connectivity index (χ3v) is 5.38. The van der Waals surface area contributed by atoms with Crippen LogP contribution in [-0.4, -0.2) is 37.6 Å². The van der Waals surface area contributed by atoms with E-state index < -0.39 is 5.82 Å². The van der Waals surface area contributed by atoms with Crippen LogP contribution < -0.4 is 10.1 Å². The van der Waals surface area contributed by atoms with E-state index in [0.717, 1.165) is 24.1 Å². The van der Waals surface area contributed by atoms with Crippen molar-refractivity contribution in [2.24, 2.45) is 5.92 Å². The van der Waals surface area contributed by atoms with Crippen molar-refractivity contribution in [1.29, 1.82) is 0 Å². The molecular weight excluding hydrogens is 367 g/mol. The molecule has 0 spiro atoms. The summed E-state index contributed by atoms with van der Waals surface area (Å²) in [5.41, 5.74) is 1.87. The Hall–Kier alpha value is -2.11. The van der Waals surface area contributed by atoms with Crippen molar-refractivity contribution >= 4 is 17.5 Å². The van der Waals surface area contributed by atoms with Crippen LogP contribution in [0.1, 0.15) is 23.6 Å². The number of rotatable bonds is 6. The number of nitrogens with zero attached hydrogens (tertiary/aromatic N) is 1. The van der Waals surface area contributed by atoms with E-state index in [2.05, 4.69) is 10.2 Å². The average Bonchev–Trinajstić information content (AvgIpc) is 3.02. The second kappa shape index (κ2) is 8.72. The van der Waals surface area contributed by atoms with Gasteiger partial charge < -0.3 is 10.1 Å². The van der Waals surface area contributed by atoms with E-state index >= 15 is 0 Å². The van der Waals surface area contributed by atoms with Gasteiger partial charge in [0.1, 0.15) is 11.6 Å². The molecule has 2 aromatic carbocycles. The predicted molar refractivity (Wildman–Crippen MR) is 105 cm³/mol. The zero-order chi connectivity index (χ0) is 19.4. The lowest BCUT2D eigenvalue weighted by atomic mass is 9.93. The van der Waals surface area contributed by atoms with Crippen LogP contribution in [0, 0.1) is 18.7 Å². The number of hydrogen-bond donors (Lipinski definition) is 1. The zero-order valence-corrected chi connectivity index (χ0v) is 16.3. The number of halogens is 2. The van der Waals surface area contributed by atoms with E-state index in [1.54, 1.807) is 6.07 Å². The fourth-order valence-corrected chi connectivity index (χ4v) is 3.74. The lowest BCUT2D eigenvalue weighted by Crippen LogP contribution is -2.35. The molecule has 1 saturated heterocycles. The maximum Gasteiger partial charge on any atom is 0.257 e. The molecule has 1 aliphatic heterocycles. The quantitative estimate of drug-likeness (QED) is 0.811. The minimum Gasteiger partial charge on any atom is -0.484 e. The first kappa shape index (κ1) is 19.6. The number of aryl methyl sites for hydroxylation is 1. The van der Waals surface area contributed by atoms with Crippen molar-refractivity contribution in [3.63, 3.8) is 0 Å². The summed E-state index contributed by atoms with van der Waals surface area (Å²) >= 11 is 5.80. The van der Waals surface area contributed by atoms with Gasteiger partial charge >= 0.3 is 0 Å². The minimum absolute atomic E-state index is 0.0202. The third-order valence-electron chi connectivity index (χ3n) is 5.07. The van der Waals surface area contributed by atoms with Gasteiger partial charge in [-0.05, 0) is 62.2 Å². The normalized spacial score (nSPS) is 19.9. The van der Waals surface area contributed by atoms with Gasteiger partial charge in [0.25, 0.3) is 5.91 Å². The van der Waals surface area contributed by atoms with E-state index in [1.165, 1.54) is 6.07 Å². The summed E-state index contributed by atoms with van der Waals surface area (Å²) in [6.07, 6.45) is 0.935. The maximum atomic E-state index is 13.9. The SMILES string of the molecule is Cc1ccccc1OCC(=O)NC[C@H]1CCN(C)[C@H]1c1ccc(Cl)c(F)c1. The van der Waals surface area contributed by atoms with Crippen LogP contribution in [0.3, 0.4) is 0 Å². The monoisotopic (exact) mass is 390 g/mol. The molecule has 2 atom stereocenters.